The fourth-order valence-corrected chi connectivity index (χ4v) is 7.54. The third-order valence-electron chi connectivity index (χ3n) is 10.5. The second-order valence-electron chi connectivity index (χ2n) is 13.4. The van der Waals surface area contributed by atoms with Gasteiger partial charge in [-0.05, 0) is 122 Å². The topological polar surface area (TPSA) is 0 Å². The van der Waals surface area contributed by atoms with E-state index in [4.69, 9.17) is 0 Å². The Morgan fingerprint density at radius 1 is 0.400 bits per heavy atom. The van der Waals surface area contributed by atoms with Crippen LogP contribution < -0.4 is 0 Å². The van der Waals surface area contributed by atoms with Gasteiger partial charge in [-0.3, -0.25) is 0 Å². The summed E-state index contributed by atoms with van der Waals surface area (Å²) in [4.78, 5) is 0. The van der Waals surface area contributed by atoms with Crippen LogP contribution in [-0.4, -0.2) is 0 Å². The summed E-state index contributed by atoms with van der Waals surface area (Å²) < 4.78 is 0. The molecule has 0 aromatic heterocycles. The molecule has 0 aliphatic heterocycles. The van der Waals surface area contributed by atoms with Crippen LogP contribution in [0.2, 0.25) is 0 Å². The fraction of sp³-hybridized carbons (Fsp3) is 0.111. The van der Waals surface area contributed by atoms with Gasteiger partial charge in [0.15, 0.2) is 0 Å². The summed E-state index contributed by atoms with van der Waals surface area (Å²) in [5, 5.41) is 15.8. The summed E-state index contributed by atoms with van der Waals surface area (Å²) in [6.45, 7) is 6.99. The molecular formula is C45H34. The van der Waals surface area contributed by atoms with Gasteiger partial charge in [0, 0.05) is 0 Å². The van der Waals surface area contributed by atoms with Gasteiger partial charge in [-0.25, -0.2) is 0 Å². The smallest absolute Gasteiger partial charge is 0.00206 e. The van der Waals surface area contributed by atoms with E-state index in [1.807, 2.05) is 0 Å². The Labute approximate surface area is 263 Å². The van der Waals surface area contributed by atoms with Crippen molar-refractivity contribution < 1.29 is 0 Å². The molecule has 0 nitrogen and oxygen atoms in total. The van der Waals surface area contributed by atoms with Crippen LogP contribution in [0.15, 0.2) is 140 Å². The average Bonchev–Trinajstić information content (AvgIpc) is 3.09. The van der Waals surface area contributed by atoms with E-state index in [-0.39, 0.29) is 5.41 Å². The Morgan fingerprint density at radius 3 is 1.71 bits per heavy atom. The third kappa shape index (κ3) is 3.99. The van der Waals surface area contributed by atoms with Crippen LogP contribution in [-0.2, 0) is 5.41 Å². The van der Waals surface area contributed by atoms with E-state index >= 15 is 0 Å². The molecule has 0 heterocycles. The Balaban J connectivity index is 1.19. The molecular weight excluding hydrogens is 540 g/mol. The van der Waals surface area contributed by atoms with Gasteiger partial charge in [-0.1, -0.05) is 142 Å². The molecule has 9 aromatic carbocycles. The lowest BCUT2D eigenvalue weighted by molar-refractivity contribution is 0.507. The lowest BCUT2D eigenvalue weighted by atomic mass is 9.79. The molecule has 0 unspecified atom stereocenters. The molecule has 0 aliphatic rings. The van der Waals surface area contributed by atoms with Gasteiger partial charge in [0.05, 0.1) is 0 Å². The molecule has 0 saturated carbocycles. The highest BCUT2D eigenvalue weighted by Crippen LogP contribution is 2.42. The maximum absolute atomic E-state index is 2.42. The van der Waals surface area contributed by atoms with Gasteiger partial charge in [-0.2, -0.15) is 0 Å². The van der Waals surface area contributed by atoms with Gasteiger partial charge >= 0.3 is 0 Å². The van der Waals surface area contributed by atoms with Crippen LogP contribution in [0.4, 0.5) is 0 Å². The average molecular weight is 575 g/mol. The molecule has 0 N–H and O–H groups in total. The van der Waals surface area contributed by atoms with E-state index in [0.717, 1.165) is 6.42 Å². The normalized spacial score (nSPS) is 12.4. The van der Waals surface area contributed by atoms with Crippen molar-refractivity contribution in [3.63, 3.8) is 0 Å². The first kappa shape index (κ1) is 26.2. The summed E-state index contributed by atoms with van der Waals surface area (Å²) >= 11 is 0. The number of hydrogen-bond donors (Lipinski definition) is 0. The standard InChI is InChI=1S/C45H34/c1-4-45(2,3)36-25-34-18-13-28-19-21-38(41-22-20-35(26-36)43(34)44(28)41)32-16-14-30-24-33(17-15-29(30)23-32)42-27-31-9-5-6-10-37(31)39-11-7-8-12-40(39)42/h5-27H,4H2,1-3H3. The van der Waals surface area contributed by atoms with Gasteiger partial charge in [-0.15, -0.1) is 0 Å². The van der Waals surface area contributed by atoms with Crippen molar-refractivity contribution in [1.82, 2.24) is 0 Å². The van der Waals surface area contributed by atoms with Gasteiger partial charge in [0.25, 0.3) is 0 Å². The predicted molar refractivity (Wildman–Crippen MR) is 197 cm³/mol. The third-order valence-corrected chi connectivity index (χ3v) is 10.5. The van der Waals surface area contributed by atoms with E-state index in [1.54, 1.807) is 0 Å². The van der Waals surface area contributed by atoms with Crippen LogP contribution in [0.25, 0.3) is 86.9 Å². The van der Waals surface area contributed by atoms with E-state index in [0.29, 0.717) is 0 Å². The number of hydrogen-bond acceptors (Lipinski definition) is 0. The van der Waals surface area contributed by atoms with Gasteiger partial charge in [0.2, 0.25) is 0 Å². The lowest BCUT2D eigenvalue weighted by Crippen LogP contribution is -2.15. The van der Waals surface area contributed by atoms with E-state index in [1.165, 1.54) is 92.5 Å². The van der Waals surface area contributed by atoms with Gasteiger partial charge in [0.1, 0.15) is 0 Å². The van der Waals surface area contributed by atoms with Crippen molar-refractivity contribution in [2.24, 2.45) is 0 Å². The van der Waals surface area contributed by atoms with E-state index in [2.05, 4.69) is 160 Å². The fourth-order valence-electron chi connectivity index (χ4n) is 7.54. The number of benzene rings is 9. The Kier molecular flexibility index (Phi) is 5.62. The maximum atomic E-state index is 2.42. The number of fused-ring (bicyclic) bond motifs is 4. The predicted octanol–water partition coefficient (Wildman–Crippen LogP) is 13.1. The number of rotatable bonds is 4. The molecule has 0 bridgehead atoms. The molecule has 9 rings (SSSR count). The van der Waals surface area contributed by atoms with Crippen molar-refractivity contribution in [3.8, 4) is 22.3 Å². The highest BCUT2D eigenvalue weighted by Gasteiger charge is 2.21. The largest absolute Gasteiger partial charge is 0.0646 e. The van der Waals surface area contributed by atoms with Crippen molar-refractivity contribution in [2.75, 3.05) is 0 Å². The van der Waals surface area contributed by atoms with Crippen molar-refractivity contribution in [1.29, 1.82) is 0 Å². The van der Waals surface area contributed by atoms with Crippen molar-refractivity contribution >= 4 is 64.6 Å². The van der Waals surface area contributed by atoms with Crippen LogP contribution in [0, 0.1) is 0 Å². The molecule has 0 radical (unpaired) electrons. The summed E-state index contributed by atoms with van der Waals surface area (Å²) in [5.74, 6) is 0. The van der Waals surface area contributed by atoms with Crippen molar-refractivity contribution in [3.05, 3.63) is 145 Å². The first-order valence-electron chi connectivity index (χ1n) is 16.2. The van der Waals surface area contributed by atoms with Crippen molar-refractivity contribution in [2.45, 2.75) is 32.6 Å². The Hall–Kier alpha value is -5.20. The molecule has 0 fully saturated rings. The Bertz CT molecular complexity index is 2580. The van der Waals surface area contributed by atoms with Crippen LogP contribution in [0.3, 0.4) is 0 Å². The van der Waals surface area contributed by atoms with E-state index in [9.17, 15) is 0 Å². The maximum Gasteiger partial charge on any atom is -0.00206 e. The van der Waals surface area contributed by atoms with Crippen LogP contribution in [0.1, 0.15) is 32.8 Å². The zero-order chi connectivity index (χ0) is 30.3. The minimum Gasteiger partial charge on any atom is -0.0646 e. The molecule has 45 heavy (non-hydrogen) atoms. The second kappa shape index (κ2) is 9.65. The zero-order valence-corrected chi connectivity index (χ0v) is 26.0. The molecule has 0 atom stereocenters. The highest BCUT2D eigenvalue weighted by atomic mass is 14.2. The summed E-state index contributed by atoms with van der Waals surface area (Å²) in [5.41, 5.74) is 6.67. The quantitative estimate of drug-likeness (QED) is 0.183. The minimum absolute atomic E-state index is 0.155. The molecule has 9 aromatic rings. The van der Waals surface area contributed by atoms with Gasteiger partial charge < -0.3 is 0 Å². The first-order valence-corrected chi connectivity index (χ1v) is 16.2. The molecule has 214 valence electrons. The summed E-state index contributed by atoms with van der Waals surface area (Å²) in [6, 6.07) is 52.5. The van der Waals surface area contributed by atoms with Crippen LogP contribution in [0.5, 0.6) is 0 Å². The molecule has 0 aliphatic carbocycles. The monoisotopic (exact) mass is 574 g/mol. The highest BCUT2D eigenvalue weighted by molar-refractivity contribution is 6.25. The van der Waals surface area contributed by atoms with E-state index < -0.39 is 0 Å². The molecule has 0 saturated heterocycles. The minimum atomic E-state index is 0.155. The second-order valence-corrected chi connectivity index (χ2v) is 13.4. The molecule has 0 amide bonds. The summed E-state index contributed by atoms with van der Waals surface area (Å²) in [6.07, 6.45) is 1.12. The zero-order valence-electron chi connectivity index (χ0n) is 26.0. The summed E-state index contributed by atoms with van der Waals surface area (Å²) in [7, 11) is 0. The Morgan fingerprint density at radius 2 is 0.978 bits per heavy atom. The van der Waals surface area contributed by atoms with Crippen LogP contribution >= 0.6 is 0 Å². The SMILES string of the molecule is CCC(C)(C)c1cc2ccc3ccc(-c4ccc5cc(-c6cc7ccccc7c7ccccc67)ccc5c4)c4ccc(c1)c2c34. The first-order chi connectivity index (χ1) is 22.0. The molecule has 0 heteroatoms. The molecule has 0 spiro atoms. The lowest BCUT2D eigenvalue weighted by Gasteiger charge is -2.25.